The lowest BCUT2D eigenvalue weighted by molar-refractivity contribution is 0.0675. The Hall–Kier alpha value is -3.68. The van der Waals surface area contributed by atoms with E-state index in [0.29, 0.717) is 11.1 Å². The number of aryl methyl sites for hydroxylation is 2. The second-order valence-electron chi connectivity index (χ2n) is 5.46. The molecule has 0 fully saturated rings. The standard InChI is InChI=1S/C18H14O8/c19-15(20)11-5-3-9(13(7-11)17(23)24)1-2-10-4-6-12(16(21)22)8-14(10)18(25)26/h3-8H,1-2H2,(H,19,20)(H,21,22)(H,23,24)(H,25,26). The van der Waals surface area contributed by atoms with Gasteiger partial charge >= 0.3 is 23.9 Å². The van der Waals surface area contributed by atoms with Gasteiger partial charge in [-0.05, 0) is 48.2 Å². The fourth-order valence-electron chi connectivity index (χ4n) is 2.52. The van der Waals surface area contributed by atoms with E-state index in [4.69, 9.17) is 10.2 Å². The Balaban J connectivity index is 2.34. The summed E-state index contributed by atoms with van der Waals surface area (Å²) in [7, 11) is 0. The lowest BCUT2D eigenvalue weighted by Gasteiger charge is -2.10. The molecule has 0 spiro atoms. The van der Waals surface area contributed by atoms with Gasteiger partial charge in [-0.2, -0.15) is 0 Å². The minimum Gasteiger partial charge on any atom is -0.478 e. The molecule has 0 unspecified atom stereocenters. The lowest BCUT2D eigenvalue weighted by Crippen LogP contribution is -2.10. The van der Waals surface area contributed by atoms with Crippen LogP contribution in [0.15, 0.2) is 36.4 Å². The third-order valence-corrected chi connectivity index (χ3v) is 3.84. The van der Waals surface area contributed by atoms with Gasteiger partial charge in [-0.3, -0.25) is 0 Å². The number of rotatable bonds is 7. The molecule has 0 saturated carbocycles. The van der Waals surface area contributed by atoms with E-state index in [2.05, 4.69) is 0 Å². The van der Waals surface area contributed by atoms with Crippen LogP contribution in [0.3, 0.4) is 0 Å². The van der Waals surface area contributed by atoms with Crippen molar-refractivity contribution in [2.45, 2.75) is 12.8 Å². The summed E-state index contributed by atoms with van der Waals surface area (Å²) in [6.45, 7) is 0. The maximum absolute atomic E-state index is 11.4. The molecule has 4 N–H and O–H groups in total. The number of carboxylic acids is 4. The topological polar surface area (TPSA) is 149 Å². The summed E-state index contributed by atoms with van der Waals surface area (Å²) < 4.78 is 0. The molecular weight excluding hydrogens is 344 g/mol. The van der Waals surface area contributed by atoms with Crippen molar-refractivity contribution in [2.75, 3.05) is 0 Å². The molecule has 2 aromatic carbocycles. The largest absolute Gasteiger partial charge is 0.478 e. The maximum atomic E-state index is 11.4. The summed E-state index contributed by atoms with van der Waals surface area (Å²) in [5.74, 6) is -5.08. The highest BCUT2D eigenvalue weighted by atomic mass is 16.4. The fraction of sp³-hybridized carbons (Fsp3) is 0.111. The summed E-state index contributed by atoms with van der Waals surface area (Å²) in [6.07, 6.45) is 0.294. The number of aromatic carboxylic acids is 4. The highest BCUT2D eigenvalue weighted by molar-refractivity contribution is 5.96. The number of carboxylic acid groups (broad SMARTS) is 4. The number of benzene rings is 2. The zero-order valence-corrected chi connectivity index (χ0v) is 13.3. The van der Waals surface area contributed by atoms with Crippen molar-refractivity contribution < 1.29 is 39.6 Å². The van der Waals surface area contributed by atoms with Crippen LogP contribution in [-0.2, 0) is 12.8 Å². The molecule has 134 valence electrons. The monoisotopic (exact) mass is 358 g/mol. The molecule has 0 aliphatic carbocycles. The smallest absolute Gasteiger partial charge is 0.335 e. The second kappa shape index (κ2) is 7.47. The Morgan fingerprint density at radius 3 is 1.19 bits per heavy atom. The molecule has 0 radical (unpaired) electrons. The van der Waals surface area contributed by atoms with Crippen molar-refractivity contribution in [2.24, 2.45) is 0 Å². The highest BCUT2D eigenvalue weighted by Gasteiger charge is 2.17. The van der Waals surface area contributed by atoms with Crippen molar-refractivity contribution in [3.63, 3.8) is 0 Å². The molecule has 0 aromatic heterocycles. The van der Waals surface area contributed by atoms with Crippen LogP contribution in [-0.4, -0.2) is 44.3 Å². The summed E-state index contributed by atoms with van der Waals surface area (Å²) >= 11 is 0. The van der Waals surface area contributed by atoms with Crippen LogP contribution in [0.5, 0.6) is 0 Å². The first-order valence-corrected chi connectivity index (χ1v) is 7.39. The molecule has 0 amide bonds. The molecule has 2 rings (SSSR count). The van der Waals surface area contributed by atoms with Crippen LogP contribution in [0.2, 0.25) is 0 Å². The van der Waals surface area contributed by atoms with E-state index in [-0.39, 0.29) is 35.1 Å². The van der Waals surface area contributed by atoms with Crippen molar-refractivity contribution in [1.29, 1.82) is 0 Å². The SMILES string of the molecule is O=C(O)c1ccc(CCc2ccc(C(=O)O)cc2C(=O)O)c(C(=O)O)c1. The van der Waals surface area contributed by atoms with E-state index in [1.807, 2.05) is 0 Å². The van der Waals surface area contributed by atoms with Crippen LogP contribution < -0.4 is 0 Å². The van der Waals surface area contributed by atoms with Gasteiger partial charge in [0.05, 0.1) is 22.3 Å². The van der Waals surface area contributed by atoms with E-state index in [1.54, 1.807) is 0 Å². The normalized spacial score (nSPS) is 10.3. The maximum Gasteiger partial charge on any atom is 0.335 e. The predicted molar refractivity (Wildman–Crippen MR) is 88.1 cm³/mol. The van der Waals surface area contributed by atoms with Crippen molar-refractivity contribution >= 4 is 23.9 Å². The van der Waals surface area contributed by atoms with E-state index >= 15 is 0 Å². The van der Waals surface area contributed by atoms with Gasteiger partial charge in [-0.15, -0.1) is 0 Å². The predicted octanol–water partition coefficient (Wildman–Crippen LogP) is 2.26. The van der Waals surface area contributed by atoms with Crippen LogP contribution >= 0.6 is 0 Å². The van der Waals surface area contributed by atoms with Gasteiger partial charge in [0, 0.05) is 0 Å². The number of hydrogen-bond donors (Lipinski definition) is 4. The van der Waals surface area contributed by atoms with E-state index in [0.717, 1.165) is 12.1 Å². The summed E-state index contributed by atoms with van der Waals surface area (Å²) in [6, 6.07) is 7.39. The molecular formula is C18H14O8. The zero-order valence-electron chi connectivity index (χ0n) is 13.3. The fourth-order valence-corrected chi connectivity index (χ4v) is 2.52. The van der Waals surface area contributed by atoms with Gasteiger partial charge in [-0.1, -0.05) is 12.1 Å². The van der Waals surface area contributed by atoms with E-state index in [9.17, 15) is 29.4 Å². The van der Waals surface area contributed by atoms with Crippen LogP contribution in [0.1, 0.15) is 52.6 Å². The Bertz CT molecular complexity index is 838. The molecule has 8 nitrogen and oxygen atoms in total. The molecule has 8 heteroatoms. The van der Waals surface area contributed by atoms with Gasteiger partial charge in [0.1, 0.15) is 0 Å². The molecule has 0 aliphatic rings. The molecule has 26 heavy (non-hydrogen) atoms. The zero-order chi connectivity index (χ0) is 19.4. The molecule has 0 heterocycles. The first kappa shape index (κ1) is 18.7. The van der Waals surface area contributed by atoms with E-state index in [1.165, 1.54) is 24.3 Å². The quantitative estimate of drug-likeness (QED) is 0.589. The Morgan fingerprint density at radius 1 is 0.577 bits per heavy atom. The average molecular weight is 358 g/mol. The number of hydrogen-bond acceptors (Lipinski definition) is 4. The first-order valence-electron chi connectivity index (χ1n) is 7.39. The van der Waals surface area contributed by atoms with Crippen molar-refractivity contribution in [3.05, 3.63) is 69.8 Å². The number of carbonyl (C=O) groups is 4. The molecule has 0 atom stereocenters. The van der Waals surface area contributed by atoms with Crippen molar-refractivity contribution in [3.8, 4) is 0 Å². The highest BCUT2D eigenvalue weighted by Crippen LogP contribution is 2.19. The molecule has 0 bridgehead atoms. The van der Waals surface area contributed by atoms with Crippen LogP contribution in [0.4, 0.5) is 0 Å². The van der Waals surface area contributed by atoms with Gasteiger partial charge in [0.25, 0.3) is 0 Å². The van der Waals surface area contributed by atoms with Gasteiger partial charge < -0.3 is 20.4 Å². The summed E-state index contributed by atoms with van der Waals surface area (Å²) in [4.78, 5) is 44.6. The van der Waals surface area contributed by atoms with Crippen molar-refractivity contribution in [1.82, 2.24) is 0 Å². The van der Waals surface area contributed by atoms with Crippen LogP contribution in [0.25, 0.3) is 0 Å². The third-order valence-electron chi connectivity index (χ3n) is 3.84. The Morgan fingerprint density at radius 2 is 0.923 bits per heavy atom. The molecule has 0 saturated heterocycles. The average Bonchev–Trinajstić information content (AvgIpc) is 2.59. The first-order chi connectivity index (χ1) is 12.2. The molecule has 2 aromatic rings. The Labute approximate surface area is 147 Å². The molecule has 0 aliphatic heterocycles. The Kier molecular flexibility index (Phi) is 5.36. The lowest BCUT2D eigenvalue weighted by atomic mass is 9.95. The summed E-state index contributed by atoms with van der Waals surface area (Å²) in [5.41, 5.74) is 0.0153. The minimum absolute atomic E-state index is 0.147. The van der Waals surface area contributed by atoms with E-state index < -0.39 is 23.9 Å². The minimum atomic E-state index is -1.29. The van der Waals surface area contributed by atoms with Gasteiger partial charge in [0.2, 0.25) is 0 Å². The third kappa shape index (κ3) is 4.04. The van der Waals surface area contributed by atoms with Gasteiger partial charge in [-0.25, -0.2) is 19.2 Å². The van der Waals surface area contributed by atoms with Crippen LogP contribution in [0, 0.1) is 0 Å². The van der Waals surface area contributed by atoms with Gasteiger partial charge in [0.15, 0.2) is 0 Å². The summed E-state index contributed by atoms with van der Waals surface area (Å²) in [5, 5.41) is 36.4. The second-order valence-corrected chi connectivity index (χ2v) is 5.46.